The molecule has 0 radical (unpaired) electrons. The van der Waals surface area contributed by atoms with Crippen LogP contribution in [0.25, 0.3) is 0 Å². The van der Waals surface area contributed by atoms with E-state index >= 15 is 0 Å². The summed E-state index contributed by atoms with van der Waals surface area (Å²) in [5.41, 5.74) is 0.950. The summed E-state index contributed by atoms with van der Waals surface area (Å²) >= 11 is 1.39. The van der Waals surface area contributed by atoms with Crippen molar-refractivity contribution >= 4 is 33.9 Å². The maximum absolute atomic E-state index is 13.1. The van der Waals surface area contributed by atoms with E-state index in [4.69, 9.17) is 0 Å². The highest BCUT2D eigenvalue weighted by Crippen LogP contribution is 2.39. The summed E-state index contributed by atoms with van der Waals surface area (Å²) in [7, 11) is 0. The number of thioether (sulfide) groups is 1. The Hall–Kier alpha value is -2.10. The van der Waals surface area contributed by atoms with Gasteiger partial charge >= 0.3 is 6.18 Å². The summed E-state index contributed by atoms with van der Waals surface area (Å²) in [4.78, 5) is 14.1. The van der Waals surface area contributed by atoms with E-state index in [0.29, 0.717) is 23.3 Å². The van der Waals surface area contributed by atoms with Crippen LogP contribution in [0.2, 0.25) is 0 Å². The number of nitrogens with one attached hydrogen (secondary N) is 1. The maximum atomic E-state index is 13.1. The van der Waals surface area contributed by atoms with Crippen LogP contribution in [-0.4, -0.2) is 27.0 Å². The van der Waals surface area contributed by atoms with E-state index in [0.717, 1.165) is 11.8 Å². The number of rotatable bonds is 4. The smallest absolute Gasteiger partial charge is 0.297 e. The van der Waals surface area contributed by atoms with E-state index in [-0.39, 0.29) is 5.69 Å². The Kier molecular flexibility index (Phi) is 5.40. The largest absolute Gasteiger partial charge is 0.423 e. The molecule has 1 heterocycles. The van der Waals surface area contributed by atoms with E-state index in [1.807, 2.05) is 20.8 Å². The topological polar surface area (TPSA) is 79.9 Å². The SMILES string of the molecule is CCSC(=Nc1ccc([N+](=O)[O-])c(C(F)(F)F)c1)C1(C)CC(C)=NN1. The average Bonchev–Trinajstić information content (AvgIpc) is 2.86. The molecule has 0 saturated heterocycles. The molecule has 1 aromatic carbocycles. The van der Waals surface area contributed by atoms with Crippen molar-refractivity contribution in [3.63, 3.8) is 0 Å². The third kappa shape index (κ3) is 4.30. The predicted molar refractivity (Wildman–Crippen MR) is 92.6 cm³/mol. The summed E-state index contributed by atoms with van der Waals surface area (Å²) in [6.45, 7) is 5.62. The van der Waals surface area contributed by atoms with E-state index < -0.39 is 27.9 Å². The van der Waals surface area contributed by atoms with Gasteiger partial charge in [-0.15, -0.1) is 11.8 Å². The fourth-order valence-corrected chi connectivity index (χ4v) is 3.36. The third-order valence-corrected chi connectivity index (χ3v) is 4.67. The molecular formula is C15H17F3N4O2S. The van der Waals surface area contributed by atoms with Crippen LogP contribution in [0.4, 0.5) is 24.5 Å². The third-order valence-electron chi connectivity index (χ3n) is 3.57. The zero-order valence-electron chi connectivity index (χ0n) is 13.8. The highest BCUT2D eigenvalue weighted by molar-refractivity contribution is 8.14. The fraction of sp³-hybridized carbons (Fsp3) is 0.467. The first-order chi connectivity index (χ1) is 11.6. The number of aliphatic imine (C=N–C) groups is 1. The lowest BCUT2D eigenvalue weighted by Crippen LogP contribution is -2.42. The molecule has 1 atom stereocenters. The minimum Gasteiger partial charge on any atom is -0.297 e. The fourth-order valence-electron chi connectivity index (χ4n) is 2.48. The number of nitro benzene ring substituents is 1. The van der Waals surface area contributed by atoms with Gasteiger partial charge in [-0.05, 0) is 31.7 Å². The molecule has 0 spiro atoms. The number of hydrazone groups is 1. The summed E-state index contributed by atoms with van der Waals surface area (Å²) in [5, 5.41) is 15.6. The summed E-state index contributed by atoms with van der Waals surface area (Å²) in [6.07, 6.45) is -4.25. The van der Waals surface area contributed by atoms with E-state index in [2.05, 4.69) is 15.5 Å². The number of alkyl halides is 3. The Labute approximate surface area is 146 Å². The van der Waals surface area contributed by atoms with Crippen molar-refractivity contribution in [2.75, 3.05) is 5.75 Å². The highest BCUT2D eigenvalue weighted by atomic mass is 32.2. The van der Waals surface area contributed by atoms with Crippen LogP contribution in [0.5, 0.6) is 0 Å². The quantitative estimate of drug-likeness (QED) is 0.364. The first-order valence-electron chi connectivity index (χ1n) is 7.45. The molecule has 1 unspecified atom stereocenters. The molecule has 1 aliphatic rings. The van der Waals surface area contributed by atoms with Crippen molar-refractivity contribution in [2.45, 2.75) is 38.9 Å². The second-order valence-corrected chi connectivity index (χ2v) is 7.03. The molecule has 0 aromatic heterocycles. The molecule has 6 nitrogen and oxygen atoms in total. The standard InChI is InChI=1S/C15H17F3N4O2S/c1-4-25-13(14(3)8-9(2)20-21-14)19-10-5-6-12(22(23)24)11(7-10)15(16,17)18/h5-7,21H,4,8H2,1-3H3. The normalized spacial score (nSPS) is 21.0. The van der Waals surface area contributed by atoms with Gasteiger partial charge < -0.3 is 0 Å². The summed E-state index contributed by atoms with van der Waals surface area (Å²) in [5.74, 6) is 0.675. The lowest BCUT2D eigenvalue weighted by Gasteiger charge is -2.25. The molecule has 10 heteroatoms. The molecule has 25 heavy (non-hydrogen) atoms. The molecule has 1 N–H and O–H groups in total. The molecule has 0 aliphatic carbocycles. The second kappa shape index (κ2) is 7.03. The molecular weight excluding hydrogens is 357 g/mol. The monoisotopic (exact) mass is 374 g/mol. The van der Waals surface area contributed by atoms with Crippen LogP contribution in [0.3, 0.4) is 0 Å². The van der Waals surface area contributed by atoms with Crippen molar-refractivity contribution in [3.05, 3.63) is 33.9 Å². The van der Waals surface area contributed by atoms with Crippen LogP contribution in [-0.2, 0) is 6.18 Å². The maximum Gasteiger partial charge on any atom is 0.423 e. The zero-order valence-corrected chi connectivity index (χ0v) is 14.7. The Balaban J connectivity index is 2.48. The molecule has 0 amide bonds. The van der Waals surface area contributed by atoms with Crippen molar-refractivity contribution in [3.8, 4) is 0 Å². The molecule has 1 aromatic rings. The first-order valence-corrected chi connectivity index (χ1v) is 8.43. The average molecular weight is 374 g/mol. The van der Waals surface area contributed by atoms with E-state index in [1.54, 1.807) is 0 Å². The summed E-state index contributed by atoms with van der Waals surface area (Å²) in [6, 6.07) is 2.76. The van der Waals surface area contributed by atoms with Gasteiger partial charge in [0.05, 0.1) is 10.6 Å². The number of nitro groups is 1. The van der Waals surface area contributed by atoms with Crippen LogP contribution < -0.4 is 5.43 Å². The Bertz CT molecular complexity index is 749. The second-order valence-electron chi connectivity index (χ2n) is 5.77. The van der Waals surface area contributed by atoms with Crippen LogP contribution >= 0.6 is 11.8 Å². The number of hydrogen-bond donors (Lipinski definition) is 1. The van der Waals surface area contributed by atoms with Gasteiger partial charge in [0.2, 0.25) is 0 Å². The van der Waals surface area contributed by atoms with Gasteiger partial charge in [0.25, 0.3) is 5.69 Å². The lowest BCUT2D eigenvalue weighted by atomic mass is 9.99. The van der Waals surface area contributed by atoms with Gasteiger partial charge in [0, 0.05) is 18.2 Å². The highest BCUT2D eigenvalue weighted by Gasteiger charge is 2.39. The number of benzene rings is 1. The zero-order chi connectivity index (χ0) is 18.8. The van der Waals surface area contributed by atoms with Gasteiger partial charge in [0.1, 0.15) is 16.1 Å². The Morgan fingerprint density at radius 1 is 1.52 bits per heavy atom. The minimum absolute atomic E-state index is 0.0152. The van der Waals surface area contributed by atoms with Gasteiger partial charge in [-0.1, -0.05) is 6.92 Å². The lowest BCUT2D eigenvalue weighted by molar-refractivity contribution is -0.388. The first kappa shape index (κ1) is 19.2. The minimum atomic E-state index is -4.83. The van der Waals surface area contributed by atoms with Gasteiger partial charge in [-0.2, -0.15) is 18.3 Å². The molecule has 1 aliphatic heterocycles. The van der Waals surface area contributed by atoms with Crippen molar-refractivity contribution in [1.29, 1.82) is 0 Å². The van der Waals surface area contributed by atoms with Crippen LogP contribution in [0.15, 0.2) is 28.3 Å². The van der Waals surface area contributed by atoms with Gasteiger partial charge in [0.15, 0.2) is 0 Å². The van der Waals surface area contributed by atoms with Crippen LogP contribution in [0, 0.1) is 10.1 Å². The van der Waals surface area contributed by atoms with E-state index in [9.17, 15) is 23.3 Å². The van der Waals surface area contributed by atoms with Gasteiger partial charge in [-0.25, -0.2) is 4.99 Å². The van der Waals surface area contributed by atoms with Crippen LogP contribution in [0.1, 0.15) is 32.8 Å². The summed E-state index contributed by atoms with van der Waals surface area (Å²) < 4.78 is 39.3. The molecule has 0 bridgehead atoms. The number of hydrogen-bond acceptors (Lipinski definition) is 6. The molecule has 0 saturated carbocycles. The predicted octanol–water partition coefficient (Wildman–Crippen LogP) is 4.52. The van der Waals surface area contributed by atoms with E-state index in [1.165, 1.54) is 17.8 Å². The molecule has 136 valence electrons. The van der Waals surface area contributed by atoms with Gasteiger partial charge in [-0.3, -0.25) is 15.5 Å². The molecule has 0 fully saturated rings. The van der Waals surface area contributed by atoms with Crippen molar-refractivity contribution in [2.24, 2.45) is 10.1 Å². The number of halogens is 3. The Morgan fingerprint density at radius 2 is 2.20 bits per heavy atom. The molecule has 2 rings (SSSR count). The Morgan fingerprint density at radius 3 is 2.68 bits per heavy atom. The number of nitrogens with zero attached hydrogens (tertiary/aromatic N) is 3. The van der Waals surface area contributed by atoms with Crippen molar-refractivity contribution in [1.82, 2.24) is 5.43 Å². The van der Waals surface area contributed by atoms with Crippen molar-refractivity contribution < 1.29 is 18.1 Å².